The summed E-state index contributed by atoms with van der Waals surface area (Å²) in [4.78, 5) is 28.6. The first kappa shape index (κ1) is 31.3. The molecule has 1 fully saturated rings. The molecule has 1 aliphatic rings. The van der Waals surface area contributed by atoms with Gasteiger partial charge in [0, 0.05) is 11.3 Å². The monoisotopic (exact) mass is 673 g/mol. The van der Waals surface area contributed by atoms with Gasteiger partial charge in [0.05, 0.1) is 11.6 Å². The Morgan fingerprint density at radius 1 is 0.917 bits per heavy atom. The number of nitrogens with zero attached hydrogens (tertiary/aromatic N) is 3. The number of hydrogen-bond acceptors (Lipinski definition) is 8. The number of thioether (sulfide) groups is 1. The maximum Gasteiger partial charge on any atom is 0.301 e. The van der Waals surface area contributed by atoms with Crippen LogP contribution in [0.2, 0.25) is 0 Å². The van der Waals surface area contributed by atoms with Gasteiger partial charge in [-0.05, 0) is 58.1 Å². The molecule has 1 atom stereocenters. The quantitative estimate of drug-likeness (QED) is 0.0540. The molecule has 0 unspecified atom stereocenters. The fraction of sp³-hybridized carbons (Fsp3) is 0.105. The number of Topliss-reactive ketones (excluding diaryl/α,β-unsaturated/α-hetero) is 1. The van der Waals surface area contributed by atoms with Crippen LogP contribution in [-0.2, 0) is 21.9 Å². The SMILES string of the molecule is Cc1ccc(C(O)=C2C(=O)C(=O)N(c3nnc(SCc4cccc5ccccc45)s3)[C@@H]2c2ccc(OCc3ccccc3)cc2)cc1F. The molecule has 0 aliphatic carbocycles. The van der Waals surface area contributed by atoms with E-state index in [0.29, 0.717) is 33.6 Å². The average Bonchev–Trinajstić information content (AvgIpc) is 3.69. The topological polar surface area (TPSA) is 92.6 Å². The molecule has 7 nitrogen and oxygen atoms in total. The molecule has 1 amide bonds. The van der Waals surface area contributed by atoms with Gasteiger partial charge in [0.1, 0.15) is 23.9 Å². The Bertz CT molecular complexity index is 2180. The van der Waals surface area contributed by atoms with Crippen LogP contribution in [0, 0.1) is 12.7 Å². The molecule has 2 heterocycles. The first-order valence-electron chi connectivity index (χ1n) is 15.1. The minimum atomic E-state index is -1.04. The number of anilines is 1. The van der Waals surface area contributed by atoms with E-state index in [1.807, 2.05) is 48.5 Å². The lowest BCUT2D eigenvalue weighted by molar-refractivity contribution is -0.132. The lowest BCUT2D eigenvalue weighted by Gasteiger charge is -2.22. The summed E-state index contributed by atoms with van der Waals surface area (Å²) in [6, 6.07) is 34.2. The van der Waals surface area contributed by atoms with Crippen molar-refractivity contribution in [2.24, 2.45) is 0 Å². The van der Waals surface area contributed by atoms with Crippen molar-refractivity contribution >= 4 is 56.5 Å². The van der Waals surface area contributed by atoms with Crippen LogP contribution in [-0.4, -0.2) is 27.0 Å². The summed E-state index contributed by atoms with van der Waals surface area (Å²) in [5.74, 6) is -1.56. The van der Waals surface area contributed by atoms with Crippen molar-refractivity contribution in [1.82, 2.24) is 10.2 Å². The van der Waals surface area contributed by atoms with Gasteiger partial charge in [-0.3, -0.25) is 14.5 Å². The zero-order chi connectivity index (χ0) is 33.2. The van der Waals surface area contributed by atoms with E-state index in [0.717, 1.165) is 28.0 Å². The van der Waals surface area contributed by atoms with Crippen molar-refractivity contribution in [3.05, 3.63) is 154 Å². The molecule has 7 rings (SSSR count). The van der Waals surface area contributed by atoms with E-state index in [1.165, 1.54) is 40.1 Å². The van der Waals surface area contributed by atoms with E-state index >= 15 is 0 Å². The van der Waals surface area contributed by atoms with E-state index in [1.54, 1.807) is 31.2 Å². The zero-order valence-electron chi connectivity index (χ0n) is 25.7. The summed E-state index contributed by atoms with van der Waals surface area (Å²) in [5, 5.41) is 22.6. The Labute approximate surface area is 284 Å². The van der Waals surface area contributed by atoms with Crippen LogP contribution in [0.15, 0.2) is 125 Å². The van der Waals surface area contributed by atoms with E-state index in [2.05, 4.69) is 34.5 Å². The van der Waals surface area contributed by atoms with E-state index in [-0.39, 0.29) is 16.3 Å². The molecular weight excluding hydrogens is 646 g/mol. The lowest BCUT2D eigenvalue weighted by Crippen LogP contribution is -2.29. The second kappa shape index (κ2) is 13.4. The van der Waals surface area contributed by atoms with Crippen LogP contribution >= 0.6 is 23.1 Å². The third kappa shape index (κ3) is 6.20. The van der Waals surface area contributed by atoms with Gasteiger partial charge in [0.25, 0.3) is 5.78 Å². The molecule has 0 saturated carbocycles. The summed E-state index contributed by atoms with van der Waals surface area (Å²) in [7, 11) is 0. The molecule has 1 saturated heterocycles. The first-order valence-corrected chi connectivity index (χ1v) is 16.9. The number of hydrogen-bond donors (Lipinski definition) is 1. The Morgan fingerprint density at radius 3 is 2.46 bits per heavy atom. The molecule has 1 aliphatic heterocycles. The molecule has 238 valence electrons. The Hall–Kier alpha value is -5.32. The number of aromatic nitrogens is 2. The highest BCUT2D eigenvalue weighted by atomic mass is 32.2. The fourth-order valence-corrected chi connectivity index (χ4v) is 7.52. The third-order valence-electron chi connectivity index (χ3n) is 8.17. The highest BCUT2D eigenvalue weighted by molar-refractivity contribution is 8.00. The predicted octanol–water partition coefficient (Wildman–Crippen LogP) is 8.64. The van der Waals surface area contributed by atoms with Crippen LogP contribution in [0.4, 0.5) is 9.52 Å². The summed E-state index contributed by atoms with van der Waals surface area (Å²) in [5.41, 5.74) is 2.99. The molecule has 5 aromatic carbocycles. The summed E-state index contributed by atoms with van der Waals surface area (Å²) in [6.45, 7) is 1.96. The van der Waals surface area contributed by atoms with Crippen LogP contribution in [0.3, 0.4) is 0 Å². The molecule has 1 aromatic heterocycles. The van der Waals surface area contributed by atoms with Crippen molar-refractivity contribution in [3.63, 3.8) is 0 Å². The number of carbonyl (C=O) groups is 2. The number of aryl methyl sites for hydroxylation is 1. The average molecular weight is 674 g/mol. The number of ether oxygens (including phenoxy) is 1. The normalized spacial score (nSPS) is 15.7. The third-order valence-corrected chi connectivity index (χ3v) is 10.3. The number of carbonyl (C=O) groups excluding carboxylic acids is 2. The van der Waals surface area contributed by atoms with E-state index < -0.39 is 29.3 Å². The van der Waals surface area contributed by atoms with Gasteiger partial charge in [-0.25, -0.2) is 4.39 Å². The summed E-state index contributed by atoms with van der Waals surface area (Å²) in [6.07, 6.45) is 0. The number of ketones is 1. The molecule has 10 heteroatoms. The van der Waals surface area contributed by atoms with Gasteiger partial charge in [-0.1, -0.05) is 120 Å². The largest absolute Gasteiger partial charge is 0.507 e. The van der Waals surface area contributed by atoms with Crippen LogP contribution in [0.1, 0.15) is 33.9 Å². The number of halogens is 1. The highest BCUT2D eigenvalue weighted by Crippen LogP contribution is 2.44. The number of benzene rings is 5. The molecule has 48 heavy (non-hydrogen) atoms. The predicted molar refractivity (Wildman–Crippen MR) is 187 cm³/mol. The van der Waals surface area contributed by atoms with Crippen LogP contribution < -0.4 is 9.64 Å². The number of aliphatic hydroxyl groups excluding tert-OH is 1. The standard InChI is InChI=1S/C38H28FN3O4S2/c1-23-14-15-27(20-31(23)39)34(43)32-33(26-16-18-29(19-17-26)46-21-24-8-3-2-4-9-24)42(36(45)35(32)44)37-40-41-38(48-37)47-22-28-12-7-11-25-10-5-6-13-30(25)28/h2-20,33,43H,21-22H2,1H3/t33-/m1/s1. The Balaban J connectivity index is 1.22. The van der Waals surface area contributed by atoms with Gasteiger partial charge in [0.15, 0.2) is 4.34 Å². The Kier molecular flexibility index (Phi) is 8.75. The van der Waals surface area contributed by atoms with Gasteiger partial charge in [-0.15, -0.1) is 10.2 Å². The van der Waals surface area contributed by atoms with E-state index in [4.69, 9.17) is 4.74 Å². The van der Waals surface area contributed by atoms with E-state index in [9.17, 15) is 19.1 Å². The maximum atomic E-state index is 14.6. The molecule has 0 spiro atoms. The molecule has 6 aromatic rings. The zero-order valence-corrected chi connectivity index (χ0v) is 27.3. The van der Waals surface area contributed by atoms with Crippen LogP contribution in [0.25, 0.3) is 16.5 Å². The Morgan fingerprint density at radius 2 is 1.67 bits per heavy atom. The number of aliphatic hydroxyl groups is 1. The van der Waals surface area contributed by atoms with Gasteiger partial charge < -0.3 is 9.84 Å². The molecule has 0 radical (unpaired) electrons. The summed E-state index contributed by atoms with van der Waals surface area (Å²) < 4.78 is 21.1. The van der Waals surface area contributed by atoms with Crippen molar-refractivity contribution < 1.29 is 23.8 Å². The van der Waals surface area contributed by atoms with Gasteiger partial charge in [0.2, 0.25) is 5.13 Å². The van der Waals surface area contributed by atoms with Crippen molar-refractivity contribution in [2.45, 2.75) is 29.7 Å². The second-order valence-electron chi connectivity index (χ2n) is 11.3. The first-order chi connectivity index (χ1) is 23.4. The lowest BCUT2D eigenvalue weighted by atomic mass is 9.95. The highest BCUT2D eigenvalue weighted by Gasteiger charge is 2.48. The fourth-order valence-electron chi connectivity index (χ4n) is 5.64. The molecule has 1 N–H and O–H groups in total. The van der Waals surface area contributed by atoms with Crippen molar-refractivity contribution in [3.8, 4) is 5.75 Å². The molecule has 0 bridgehead atoms. The smallest absolute Gasteiger partial charge is 0.301 e. The van der Waals surface area contributed by atoms with Crippen molar-refractivity contribution in [2.75, 3.05) is 4.90 Å². The summed E-state index contributed by atoms with van der Waals surface area (Å²) >= 11 is 2.67. The molecular formula is C38H28FN3O4S2. The maximum absolute atomic E-state index is 14.6. The number of fused-ring (bicyclic) bond motifs is 1. The minimum absolute atomic E-state index is 0.0903. The number of rotatable bonds is 9. The van der Waals surface area contributed by atoms with Gasteiger partial charge in [-0.2, -0.15) is 0 Å². The second-order valence-corrected chi connectivity index (χ2v) is 13.4. The van der Waals surface area contributed by atoms with Gasteiger partial charge >= 0.3 is 5.91 Å². The minimum Gasteiger partial charge on any atom is -0.507 e. The van der Waals surface area contributed by atoms with Crippen molar-refractivity contribution in [1.29, 1.82) is 0 Å². The van der Waals surface area contributed by atoms with Crippen LogP contribution in [0.5, 0.6) is 5.75 Å². The number of amides is 1.